The molecule has 1 heterocycles. The average molecular weight is 398 g/mol. The van der Waals surface area contributed by atoms with Gasteiger partial charge in [0.1, 0.15) is 0 Å². The van der Waals surface area contributed by atoms with Crippen molar-refractivity contribution in [3.8, 4) is 11.4 Å². The maximum absolute atomic E-state index is 11.9. The Morgan fingerprint density at radius 2 is 2.12 bits per heavy atom. The first kappa shape index (κ1) is 20.2. The van der Waals surface area contributed by atoms with E-state index in [4.69, 9.17) is 22.1 Å². The standard InChI is InChI=1S/C16H20ClN5O3S/c1-10(14(23)19-15(18)24)26-16-21-20-13(22(16)8-5-9-25-2)11-6-3-4-7-12(11)17/h3-4,6-7,10H,5,8-9H2,1-2H3,(H3,18,19,23,24)/t10-/m0/s1. The minimum Gasteiger partial charge on any atom is -0.385 e. The number of nitrogens with two attached hydrogens (primary N) is 1. The molecule has 140 valence electrons. The second-order valence-electron chi connectivity index (χ2n) is 5.40. The number of benzene rings is 1. The molecule has 8 nitrogen and oxygen atoms in total. The van der Waals surface area contributed by atoms with E-state index < -0.39 is 17.2 Å². The van der Waals surface area contributed by atoms with Gasteiger partial charge in [0.15, 0.2) is 11.0 Å². The summed E-state index contributed by atoms with van der Waals surface area (Å²) in [6.07, 6.45) is 0.738. The molecular formula is C16H20ClN5O3S. The molecule has 3 N–H and O–H groups in total. The highest BCUT2D eigenvalue weighted by atomic mass is 35.5. The number of hydrogen-bond donors (Lipinski definition) is 2. The maximum atomic E-state index is 11.9. The number of nitrogens with one attached hydrogen (secondary N) is 1. The molecule has 0 unspecified atom stereocenters. The molecule has 2 rings (SSSR count). The smallest absolute Gasteiger partial charge is 0.318 e. The molecule has 0 radical (unpaired) electrons. The zero-order valence-electron chi connectivity index (χ0n) is 14.4. The van der Waals surface area contributed by atoms with Crippen LogP contribution in [0.2, 0.25) is 5.02 Å². The van der Waals surface area contributed by atoms with Crippen molar-refractivity contribution in [3.05, 3.63) is 29.3 Å². The lowest BCUT2D eigenvalue weighted by Crippen LogP contribution is -2.39. The monoisotopic (exact) mass is 397 g/mol. The largest absolute Gasteiger partial charge is 0.385 e. The number of amides is 3. The number of methoxy groups -OCH3 is 1. The molecule has 0 fully saturated rings. The van der Waals surface area contributed by atoms with Crippen LogP contribution in [-0.2, 0) is 16.1 Å². The number of hydrogen-bond acceptors (Lipinski definition) is 6. The quantitative estimate of drug-likeness (QED) is 0.522. The first-order chi connectivity index (χ1) is 12.4. The summed E-state index contributed by atoms with van der Waals surface area (Å²) >= 11 is 7.47. The van der Waals surface area contributed by atoms with Crippen molar-refractivity contribution in [2.75, 3.05) is 13.7 Å². The summed E-state index contributed by atoms with van der Waals surface area (Å²) in [5.74, 6) is 0.116. The van der Waals surface area contributed by atoms with E-state index in [1.165, 1.54) is 11.8 Å². The van der Waals surface area contributed by atoms with Gasteiger partial charge in [-0.15, -0.1) is 10.2 Å². The van der Waals surface area contributed by atoms with Crippen molar-refractivity contribution in [1.82, 2.24) is 20.1 Å². The highest BCUT2D eigenvalue weighted by Crippen LogP contribution is 2.30. The number of urea groups is 1. The zero-order chi connectivity index (χ0) is 19.1. The predicted molar refractivity (Wildman–Crippen MR) is 100 cm³/mol. The van der Waals surface area contributed by atoms with Gasteiger partial charge in [-0.25, -0.2) is 4.79 Å². The molecule has 1 atom stereocenters. The number of aromatic nitrogens is 3. The van der Waals surface area contributed by atoms with Crippen LogP contribution in [0.3, 0.4) is 0 Å². The highest BCUT2D eigenvalue weighted by Gasteiger charge is 2.22. The normalized spacial score (nSPS) is 12.0. The van der Waals surface area contributed by atoms with E-state index in [0.29, 0.717) is 29.2 Å². The number of rotatable bonds is 8. The average Bonchev–Trinajstić information content (AvgIpc) is 2.97. The van der Waals surface area contributed by atoms with Crippen molar-refractivity contribution >= 4 is 35.3 Å². The van der Waals surface area contributed by atoms with Gasteiger partial charge in [0.05, 0.1) is 10.3 Å². The molecule has 26 heavy (non-hydrogen) atoms. The fourth-order valence-electron chi connectivity index (χ4n) is 2.22. The second-order valence-corrected chi connectivity index (χ2v) is 7.11. The third-order valence-electron chi connectivity index (χ3n) is 3.46. The zero-order valence-corrected chi connectivity index (χ0v) is 16.0. The summed E-state index contributed by atoms with van der Waals surface area (Å²) < 4.78 is 7.00. The van der Waals surface area contributed by atoms with Gasteiger partial charge in [0, 0.05) is 25.8 Å². The van der Waals surface area contributed by atoms with Gasteiger partial charge in [-0.05, 0) is 25.5 Å². The van der Waals surface area contributed by atoms with E-state index in [9.17, 15) is 9.59 Å². The number of halogens is 1. The first-order valence-electron chi connectivity index (χ1n) is 7.88. The van der Waals surface area contributed by atoms with E-state index in [0.717, 1.165) is 12.0 Å². The van der Waals surface area contributed by atoms with Gasteiger partial charge in [-0.2, -0.15) is 0 Å². The van der Waals surface area contributed by atoms with E-state index >= 15 is 0 Å². The van der Waals surface area contributed by atoms with Crippen LogP contribution in [0.5, 0.6) is 0 Å². The maximum Gasteiger partial charge on any atom is 0.318 e. The van der Waals surface area contributed by atoms with Crippen LogP contribution in [-0.4, -0.2) is 45.7 Å². The fourth-order valence-corrected chi connectivity index (χ4v) is 3.32. The lowest BCUT2D eigenvalue weighted by atomic mass is 10.2. The van der Waals surface area contributed by atoms with E-state index in [1.54, 1.807) is 20.1 Å². The van der Waals surface area contributed by atoms with Crippen molar-refractivity contribution in [2.45, 2.75) is 30.3 Å². The third-order valence-corrected chi connectivity index (χ3v) is 4.87. The summed E-state index contributed by atoms with van der Waals surface area (Å²) in [7, 11) is 1.63. The lowest BCUT2D eigenvalue weighted by Gasteiger charge is -2.13. The predicted octanol–water partition coefficient (Wildman–Crippen LogP) is 2.31. The van der Waals surface area contributed by atoms with Gasteiger partial charge in [0.25, 0.3) is 0 Å². The Kier molecular flexibility index (Phi) is 7.43. The molecule has 0 bridgehead atoms. The molecule has 0 spiro atoms. The summed E-state index contributed by atoms with van der Waals surface area (Å²) in [6, 6.07) is 6.45. The van der Waals surface area contributed by atoms with E-state index in [2.05, 4.69) is 15.5 Å². The van der Waals surface area contributed by atoms with Gasteiger partial charge in [-0.3, -0.25) is 10.1 Å². The van der Waals surface area contributed by atoms with Crippen molar-refractivity contribution in [3.63, 3.8) is 0 Å². The topological polar surface area (TPSA) is 112 Å². The van der Waals surface area contributed by atoms with Crippen LogP contribution < -0.4 is 11.1 Å². The van der Waals surface area contributed by atoms with Gasteiger partial charge < -0.3 is 15.0 Å². The number of nitrogens with zero attached hydrogens (tertiary/aromatic N) is 3. The van der Waals surface area contributed by atoms with Crippen LogP contribution in [0, 0.1) is 0 Å². The van der Waals surface area contributed by atoms with Gasteiger partial charge in [-0.1, -0.05) is 35.5 Å². The van der Waals surface area contributed by atoms with Crippen LogP contribution >= 0.6 is 23.4 Å². The number of primary amides is 1. The molecule has 0 saturated heterocycles. The van der Waals surface area contributed by atoms with Crippen molar-refractivity contribution in [2.24, 2.45) is 5.73 Å². The molecule has 3 amide bonds. The molecule has 0 aliphatic carbocycles. The van der Waals surface area contributed by atoms with Crippen LogP contribution in [0.15, 0.2) is 29.4 Å². The van der Waals surface area contributed by atoms with Gasteiger partial charge in [0.2, 0.25) is 5.91 Å². The molecule has 10 heteroatoms. The van der Waals surface area contributed by atoms with Crippen LogP contribution in [0.1, 0.15) is 13.3 Å². The van der Waals surface area contributed by atoms with Crippen molar-refractivity contribution < 1.29 is 14.3 Å². The fraction of sp³-hybridized carbons (Fsp3) is 0.375. The molecule has 0 aliphatic heterocycles. The lowest BCUT2D eigenvalue weighted by molar-refractivity contribution is -0.119. The highest BCUT2D eigenvalue weighted by molar-refractivity contribution is 8.00. The van der Waals surface area contributed by atoms with Crippen molar-refractivity contribution in [1.29, 1.82) is 0 Å². The molecular weight excluding hydrogens is 378 g/mol. The number of carbonyl (C=O) groups excluding carboxylic acids is 2. The first-order valence-corrected chi connectivity index (χ1v) is 9.13. The Morgan fingerprint density at radius 3 is 2.77 bits per heavy atom. The third kappa shape index (κ3) is 5.20. The Hall–Kier alpha value is -2.10. The summed E-state index contributed by atoms with van der Waals surface area (Å²) in [6.45, 7) is 2.82. The van der Waals surface area contributed by atoms with E-state index in [1.807, 2.05) is 22.8 Å². The summed E-state index contributed by atoms with van der Waals surface area (Å²) in [5, 5.41) is 11.0. The number of carbonyl (C=O) groups is 2. The number of thioether (sulfide) groups is 1. The second kappa shape index (κ2) is 9.56. The molecule has 0 aliphatic rings. The molecule has 1 aromatic heterocycles. The SMILES string of the molecule is COCCCn1c(S[C@@H](C)C(=O)NC(N)=O)nnc1-c1ccccc1Cl. The number of imide groups is 1. The Morgan fingerprint density at radius 1 is 1.38 bits per heavy atom. The minimum atomic E-state index is -0.888. The Bertz CT molecular complexity index is 783. The van der Waals surface area contributed by atoms with Crippen LogP contribution in [0.4, 0.5) is 4.79 Å². The Balaban J connectivity index is 2.29. The Labute approximate surface area is 160 Å². The van der Waals surface area contributed by atoms with Crippen LogP contribution in [0.25, 0.3) is 11.4 Å². The summed E-state index contributed by atoms with van der Waals surface area (Å²) in [5.41, 5.74) is 5.74. The molecule has 1 aromatic carbocycles. The number of ether oxygens (including phenoxy) is 1. The van der Waals surface area contributed by atoms with Gasteiger partial charge >= 0.3 is 6.03 Å². The summed E-state index contributed by atoms with van der Waals surface area (Å²) in [4.78, 5) is 22.8. The molecule has 2 aromatic rings. The molecule has 0 saturated carbocycles. The van der Waals surface area contributed by atoms with E-state index in [-0.39, 0.29) is 0 Å². The minimum absolute atomic E-state index is 0.492.